The van der Waals surface area contributed by atoms with Gasteiger partial charge >= 0.3 is 0 Å². The predicted molar refractivity (Wildman–Crippen MR) is 115 cm³/mol. The lowest BCUT2D eigenvalue weighted by Crippen LogP contribution is -2.54. The topological polar surface area (TPSA) is 73.8 Å². The molecule has 2 fully saturated rings. The molecule has 2 aliphatic rings. The average molecular weight is 441 g/mol. The van der Waals surface area contributed by atoms with E-state index in [0.717, 1.165) is 17.1 Å². The Morgan fingerprint density at radius 1 is 1.21 bits per heavy atom. The number of amides is 1. The molecule has 28 heavy (non-hydrogen) atoms. The molecule has 4 rings (SSSR count). The van der Waals surface area contributed by atoms with Crippen molar-refractivity contribution in [2.75, 3.05) is 50.1 Å². The Hall–Kier alpha value is -1.36. The van der Waals surface area contributed by atoms with Crippen LogP contribution in [0.3, 0.4) is 0 Å². The summed E-state index contributed by atoms with van der Waals surface area (Å²) >= 11 is 3.40. The van der Waals surface area contributed by atoms with E-state index in [4.69, 9.17) is 4.98 Å². The van der Waals surface area contributed by atoms with Crippen LogP contribution < -0.4 is 4.90 Å². The van der Waals surface area contributed by atoms with Gasteiger partial charge in [0.05, 0.1) is 16.5 Å². The molecule has 1 atom stereocenters. The lowest BCUT2D eigenvalue weighted by Gasteiger charge is -2.36. The summed E-state index contributed by atoms with van der Waals surface area (Å²) in [6, 6.07) is 5.78. The zero-order valence-corrected chi connectivity index (χ0v) is 18.4. The molecule has 1 amide bonds. The molecule has 1 aromatic heterocycles. The van der Waals surface area contributed by atoms with Crippen molar-refractivity contribution in [1.82, 2.24) is 14.2 Å². The molecule has 2 aliphatic heterocycles. The summed E-state index contributed by atoms with van der Waals surface area (Å²) in [6.07, 6.45) is 4.61. The van der Waals surface area contributed by atoms with E-state index in [1.807, 2.05) is 4.90 Å². The number of sulfonamides is 1. The number of rotatable bonds is 4. The smallest absolute Gasteiger partial charge is 0.241 e. The van der Waals surface area contributed by atoms with Crippen LogP contribution in [0, 0.1) is 0 Å². The van der Waals surface area contributed by atoms with Crippen LogP contribution in [-0.4, -0.2) is 79.8 Å². The molecule has 0 radical (unpaired) electrons. The fourth-order valence-electron chi connectivity index (χ4n) is 3.87. The SMILES string of the molecule is CSc1ccc2nc(N3CCN(C(=O)[C@H]4CCCN4S(C)(=O)=O)CC3)sc2c1. The molecular formula is C18H24N4O3S3. The van der Waals surface area contributed by atoms with E-state index in [1.54, 1.807) is 23.1 Å². The van der Waals surface area contributed by atoms with Crippen molar-refractivity contribution >= 4 is 54.4 Å². The third-order valence-electron chi connectivity index (χ3n) is 5.36. The van der Waals surface area contributed by atoms with Crippen molar-refractivity contribution in [1.29, 1.82) is 0 Å². The number of fused-ring (bicyclic) bond motifs is 1. The fraction of sp³-hybridized carbons (Fsp3) is 0.556. The Morgan fingerprint density at radius 3 is 2.64 bits per heavy atom. The van der Waals surface area contributed by atoms with Crippen molar-refractivity contribution in [3.63, 3.8) is 0 Å². The van der Waals surface area contributed by atoms with Gasteiger partial charge in [-0.15, -0.1) is 11.8 Å². The largest absolute Gasteiger partial charge is 0.345 e. The molecule has 1 aromatic carbocycles. The van der Waals surface area contributed by atoms with Gasteiger partial charge in [-0.3, -0.25) is 4.79 Å². The zero-order valence-electron chi connectivity index (χ0n) is 16.0. The molecule has 2 saturated heterocycles. The summed E-state index contributed by atoms with van der Waals surface area (Å²) in [5.41, 5.74) is 1.01. The van der Waals surface area contributed by atoms with Gasteiger partial charge in [-0.05, 0) is 37.3 Å². The summed E-state index contributed by atoms with van der Waals surface area (Å²) in [6.45, 7) is 3.07. The highest BCUT2D eigenvalue weighted by Crippen LogP contribution is 2.32. The van der Waals surface area contributed by atoms with Crippen LogP contribution in [0.15, 0.2) is 23.1 Å². The van der Waals surface area contributed by atoms with Gasteiger partial charge in [-0.2, -0.15) is 4.31 Å². The van der Waals surface area contributed by atoms with Crippen molar-refractivity contribution in [3.8, 4) is 0 Å². The fourth-order valence-corrected chi connectivity index (χ4v) is 6.56. The van der Waals surface area contributed by atoms with E-state index in [0.29, 0.717) is 39.1 Å². The van der Waals surface area contributed by atoms with Crippen molar-refractivity contribution < 1.29 is 13.2 Å². The Morgan fingerprint density at radius 2 is 1.96 bits per heavy atom. The number of thiazole rings is 1. The summed E-state index contributed by atoms with van der Waals surface area (Å²) in [5.74, 6) is -0.0588. The highest BCUT2D eigenvalue weighted by molar-refractivity contribution is 7.98. The second-order valence-electron chi connectivity index (χ2n) is 7.17. The summed E-state index contributed by atoms with van der Waals surface area (Å²) < 4.78 is 26.4. The van der Waals surface area contributed by atoms with Gasteiger partial charge in [0.1, 0.15) is 6.04 Å². The molecule has 0 spiro atoms. The van der Waals surface area contributed by atoms with E-state index in [1.165, 1.54) is 20.2 Å². The van der Waals surface area contributed by atoms with Gasteiger partial charge in [0.2, 0.25) is 15.9 Å². The predicted octanol–water partition coefficient (Wildman–Crippen LogP) is 2.09. The standard InChI is InChI=1S/C18H24N4O3S3/c1-26-13-5-6-14-16(12-13)27-18(19-14)21-10-8-20(9-11-21)17(23)15-4-3-7-22(15)28(2,24)25/h5-6,12,15H,3-4,7-11H2,1-2H3/t15-/m1/s1. The quantitative estimate of drug-likeness (QED) is 0.678. The second kappa shape index (κ2) is 7.81. The molecule has 0 aliphatic carbocycles. The number of piperazine rings is 1. The number of thioether (sulfide) groups is 1. The van der Waals surface area contributed by atoms with E-state index in [2.05, 4.69) is 29.4 Å². The van der Waals surface area contributed by atoms with Gasteiger partial charge in [-0.1, -0.05) is 11.3 Å². The van der Waals surface area contributed by atoms with E-state index in [9.17, 15) is 13.2 Å². The Balaban J connectivity index is 1.42. The number of carbonyl (C=O) groups excluding carboxylic acids is 1. The number of hydrogen-bond acceptors (Lipinski definition) is 7. The van der Waals surface area contributed by atoms with Crippen molar-refractivity contribution in [3.05, 3.63) is 18.2 Å². The first-order valence-electron chi connectivity index (χ1n) is 9.32. The second-order valence-corrected chi connectivity index (χ2v) is 11.0. The molecule has 0 bridgehead atoms. The number of benzene rings is 1. The molecule has 3 heterocycles. The van der Waals surface area contributed by atoms with Crippen LogP contribution in [0.5, 0.6) is 0 Å². The van der Waals surface area contributed by atoms with Gasteiger partial charge in [0.15, 0.2) is 5.13 Å². The number of hydrogen-bond donors (Lipinski definition) is 0. The van der Waals surface area contributed by atoms with Crippen molar-refractivity contribution in [2.45, 2.75) is 23.8 Å². The highest BCUT2D eigenvalue weighted by Gasteiger charge is 2.39. The van der Waals surface area contributed by atoms with Gasteiger partial charge in [0.25, 0.3) is 0 Å². The third kappa shape index (κ3) is 3.87. The molecule has 152 valence electrons. The lowest BCUT2D eigenvalue weighted by atomic mass is 10.2. The summed E-state index contributed by atoms with van der Waals surface area (Å²) in [5, 5.41) is 0.985. The van der Waals surface area contributed by atoms with Crippen LogP contribution in [0.25, 0.3) is 10.2 Å². The lowest BCUT2D eigenvalue weighted by molar-refractivity contribution is -0.134. The average Bonchev–Trinajstić information content (AvgIpc) is 3.33. The van der Waals surface area contributed by atoms with Crippen LogP contribution in [0.4, 0.5) is 5.13 Å². The first-order valence-corrected chi connectivity index (χ1v) is 13.2. The first kappa shape index (κ1) is 19.9. The van der Waals surface area contributed by atoms with Crippen LogP contribution in [-0.2, 0) is 14.8 Å². The highest BCUT2D eigenvalue weighted by atomic mass is 32.2. The number of nitrogens with zero attached hydrogens (tertiary/aromatic N) is 4. The molecule has 0 saturated carbocycles. The maximum Gasteiger partial charge on any atom is 0.241 e. The maximum atomic E-state index is 12.9. The number of carbonyl (C=O) groups is 1. The van der Waals surface area contributed by atoms with Gasteiger partial charge in [-0.25, -0.2) is 13.4 Å². The number of aromatic nitrogens is 1. The maximum absolute atomic E-state index is 12.9. The monoisotopic (exact) mass is 440 g/mol. The summed E-state index contributed by atoms with van der Waals surface area (Å²) in [7, 11) is -3.34. The minimum atomic E-state index is -3.34. The summed E-state index contributed by atoms with van der Waals surface area (Å²) in [4.78, 5) is 22.9. The van der Waals surface area contributed by atoms with E-state index < -0.39 is 16.1 Å². The molecule has 0 unspecified atom stereocenters. The Bertz CT molecular complexity index is 983. The van der Waals surface area contributed by atoms with Crippen LogP contribution in [0.2, 0.25) is 0 Å². The normalized spacial score (nSPS) is 21.6. The van der Waals surface area contributed by atoms with E-state index >= 15 is 0 Å². The minimum Gasteiger partial charge on any atom is -0.345 e. The zero-order chi connectivity index (χ0) is 19.9. The van der Waals surface area contributed by atoms with Crippen molar-refractivity contribution in [2.24, 2.45) is 0 Å². The van der Waals surface area contributed by atoms with Gasteiger partial charge < -0.3 is 9.80 Å². The minimum absolute atomic E-state index is 0.0588. The van der Waals surface area contributed by atoms with E-state index in [-0.39, 0.29) is 5.91 Å². The van der Waals surface area contributed by atoms with Gasteiger partial charge in [0, 0.05) is 37.6 Å². The Kier molecular flexibility index (Phi) is 5.56. The molecule has 2 aromatic rings. The molecule has 10 heteroatoms. The first-order chi connectivity index (χ1) is 13.4. The molecular weight excluding hydrogens is 416 g/mol. The van der Waals surface area contributed by atoms with Crippen LogP contribution in [0.1, 0.15) is 12.8 Å². The number of anilines is 1. The Labute approximate surface area is 173 Å². The third-order valence-corrected chi connectivity index (χ3v) is 8.45. The molecule has 0 N–H and O–H groups in total. The molecule has 7 nitrogen and oxygen atoms in total. The van der Waals surface area contributed by atoms with Crippen LogP contribution >= 0.6 is 23.1 Å².